The van der Waals surface area contributed by atoms with Gasteiger partial charge >= 0.3 is 0 Å². The molecular formula is C8H14N4OS. The molecule has 0 spiro atoms. The van der Waals surface area contributed by atoms with Crippen LogP contribution in [0.25, 0.3) is 0 Å². The first-order valence-corrected chi connectivity index (χ1v) is 5.68. The summed E-state index contributed by atoms with van der Waals surface area (Å²) in [5.41, 5.74) is 0.362. The number of nitrogens with one attached hydrogen (secondary N) is 1. The summed E-state index contributed by atoms with van der Waals surface area (Å²) in [5.74, 6) is 0.820. The molecule has 0 bridgehead atoms. The highest BCUT2D eigenvalue weighted by Crippen LogP contribution is 2.06. The Balaban J connectivity index is 2.61. The standard InChI is InChI=1S/C8H14N4OS/c1-6(5-14-3)12(2)8(13)7-4-9-11-10-7/h4,6H,5H2,1-3H3,(H,9,10,11). The molecule has 0 saturated carbocycles. The Labute approximate surface area is 87.3 Å². The largest absolute Gasteiger partial charge is 0.337 e. The molecule has 0 aliphatic rings. The van der Waals surface area contributed by atoms with Crippen molar-refractivity contribution in [1.29, 1.82) is 0 Å². The van der Waals surface area contributed by atoms with Gasteiger partial charge in [0.2, 0.25) is 0 Å². The molecule has 1 atom stereocenters. The predicted octanol–water partition coefficient (Wildman–Crippen LogP) is 0.628. The first-order valence-electron chi connectivity index (χ1n) is 4.28. The summed E-state index contributed by atoms with van der Waals surface area (Å²) in [6.45, 7) is 2.01. The molecule has 78 valence electrons. The topological polar surface area (TPSA) is 61.9 Å². The second-order valence-electron chi connectivity index (χ2n) is 3.08. The van der Waals surface area contributed by atoms with Gasteiger partial charge in [0.25, 0.3) is 5.91 Å². The van der Waals surface area contributed by atoms with Gasteiger partial charge in [-0.05, 0) is 13.2 Å². The van der Waals surface area contributed by atoms with Crippen LogP contribution in [0.5, 0.6) is 0 Å². The zero-order valence-corrected chi connectivity index (χ0v) is 9.34. The third-order valence-electron chi connectivity index (χ3n) is 2.02. The van der Waals surface area contributed by atoms with Crippen LogP contribution in [0.4, 0.5) is 0 Å². The number of hydrogen-bond acceptors (Lipinski definition) is 4. The van der Waals surface area contributed by atoms with E-state index in [0.29, 0.717) is 5.69 Å². The minimum Gasteiger partial charge on any atom is -0.337 e. The highest BCUT2D eigenvalue weighted by molar-refractivity contribution is 7.98. The number of thioether (sulfide) groups is 1. The van der Waals surface area contributed by atoms with Gasteiger partial charge in [-0.25, -0.2) is 0 Å². The highest BCUT2D eigenvalue weighted by atomic mass is 32.2. The monoisotopic (exact) mass is 214 g/mol. The van der Waals surface area contributed by atoms with Gasteiger partial charge in [0.15, 0.2) is 5.69 Å². The Kier molecular flexibility index (Phi) is 3.94. The van der Waals surface area contributed by atoms with Gasteiger partial charge in [0.05, 0.1) is 6.20 Å². The van der Waals surface area contributed by atoms with Crippen molar-refractivity contribution in [2.24, 2.45) is 0 Å². The second-order valence-corrected chi connectivity index (χ2v) is 3.99. The second kappa shape index (κ2) is 4.99. The van der Waals surface area contributed by atoms with Gasteiger partial charge in [-0.1, -0.05) is 0 Å². The molecule has 1 N–H and O–H groups in total. The van der Waals surface area contributed by atoms with Crippen LogP contribution >= 0.6 is 11.8 Å². The Morgan fingerprint density at radius 1 is 1.79 bits per heavy atom. The minimum absolute atomic E-state index is 0.0969. The van der Waals surface area contributed by atoms with Gasteiger partial charge < -0.3 is 4.90 Å². The summed E-state index contributed by atoms with van der Waals surface area (Å²) in [7, 11) is 1.78. The number of H-pyrrole nitrogens is 1. The molecule has 0 radical (unpaired) electrons. The molecule has 14 heavy (non-hydrogen) atoms. The summed E-state index contributed by atoms with van der Waals surface area (Å²) in [6, 6.07) is 0.203. The average Bonchev–Trinajstić information content (AvgIpc) is 2.68. The maximum absolute atomic E-state index is 11.7. The van der Waals surface area contributed by atoms with Gasteiger partial charge in [-0.3, -0.25) is 4.79 Å². The SMILES string of the molecule is CSCC(C)N(C)C(=O)c1cn[nH]n1. The van der Waals surface area contributed by atoms with Crippen molar-refractivity contribution in [3.63, 3.8) is 0 Å². The van der Waals surface area contributed by atoms with Crippen molar-refractivity contribution < 1.29 is 4.79 Å². The highest BCUT2D eigenvalue weighted by Gasteiger charge is 2.18. The molecule has 1 unspecified atom stereocenters. The van der Waals surface area contributed by atoms with E-state index < -0.39 is 0 Å². The fraction of sp³-hybridized carbons (Fsp3) is 0.625. The van der Waals surface area contributed by atoms with Crippen LogP contribution in [-0.2, 0) is 0 Å². The van der Waals surface area contributed by atoms with Crippen LogP contribution in [0.1, 0.15) is 17.4 Å². The van der Waals surface area contributed by atoms with E-state index in [0.717, 1.165) is 5.75 Å². The number of aromatic nitrogens is 3. The molecule has 0 aliphatic heterocycles. The van der Waals surface area contributed by atoms with Crippen molar-refractivity contribution in [3.05, 3.63) is 11.9 Å². The fourth-order valence-electron chi connectivity index (χ4n) is 1.04. The van der Waals surface area contributed by atoms with Crippen LogP contribution < -0.4 is 0 Å². The van der Waals surface area contributed by atoms with Gasteiger partial charge in [0.1, 0.15) is 0 Å². The Hall–Kier alpha value is -1.04. The number of carbonyl (C=O) groups excluding carboxylic acids is 1. The molecule has 0 aromatic carbocycles. The summed E-state index contributed by atoms with van der Waals surface area (Å²) in [6.07, 6.45) is 3.45. The molecule has 1 aromatic rings. The normalized spacial score (nSPS) is 12.5. The van der Waals surface area contributed by atoms with Crippen molar-refractivity contribution in [1.82, 2.24) is 20.3 Å². The maximum Gasteiger partial charge on any atom is 0.276 e. The summed E-state index contributed by atoms with van der Waals surface area (Å²) in [5, 5.41) is 9.77. The number of hydrogen-bond donors (Lipinski definition) is 1. The number of amides is 1. The third kappa shape index (κ3) is 2.47. The fourth-order valence-corrected chi connectivity index (χ4v) is 1.74. The quantitative estimate of drug-likeness (QED) is 0.798. The number of aromatic amines is 1. The van der Waals surface area contributed by atoms with Crippen LogP contribution in [-0.4, -0.2) is 51.3 Å². The number of nitrogens with zero attached hydrogens (tertiary/aromatic N) is 3. The molecule has 1 aromatic heterocycles. The van der Waals surface area contributed by atoms with Crippen LogP contribution in [0.3, 0.4) is 0 Å². The Morgan fingerprint density at radius 2 is 2.50 bits per heavy atom. The van der Waals surface area contributed by atoms with Crippen LogP contribution in [0, 0.1) is 0 Å². The molecule has 6 heteroatoms. The number of carbonyl (C=O) groups is 1. The molecule has 0 saturated heterocycles. The lowest BCUT2D eigenvalue weighted by Crippen LogP contribution is -2.36. The Bertz CT molecular complexity index is 288. The summed E-state index contributed by atoms with van der Waals surface area (Å²) in [4.78, 5) is 13.4. The molecule has 5 nitrogen and oxygen atoms in total. The van der Waals surface area contributed by atoms with E-state index >= 15 is 0 Å². The van der Waals surface area contributed by atoms with E-state index in [9.17, 15) is 4.79 Å². The van der Waals surface area contributed by atoms with Crippen LogP contribution in [0.2, 0.25) is 0 Å². The van der Waals surface area contributed by atoms with E-state index in [1.54, 1.807) is 23.7 Å². The molecule has 1 heterocycles. The molecule has 1 rings (SSSR count). The first-order chi connectivity index (χ1) is 6.66. The molecular weight excluding hydrogens is 200 g/mol. The zero-order valence-electron chi connectivity index (χ0n) is 8.52. The predicted molar refractivity (Wildman–Crippen MR) is 56.3 cm³/mol. The molecule has 0 fully saturated rings. The number of rotatable bonds is 4. The maximum atomic E-state index is 11.7. The minimum atomic E-state index is -0.0969. The summed E-state index contributed by atoms with van der Waals surface area (Å²) >= 11 is 1.71. The zero-order chi connectivity index (χ0) is 10.6. The third-order valence-corrected chi connectivity index (χ3v) is 2.84. The average molecular weight is 214 g/mol. The lowest BCUT2D eigenvalue weighted by Gasteiger charge is -2.23. The summed E-state index contributed by atoms with van der Waals surface area (Å²) < 4.78 is 0. The van der Waals surface area contributed by atoms with Crippen LogP contribution in [0.15, 0.2) is 6.20 Å². The van der Waals surface area contributed by atoms with Crippen molar-refractivity contribution in [3.8, 4) is 0 Å². The lowest BCUT2D eigenvalue weighted by molar-refractivity contribution is 0.0751. The van der Waals surface area contributed by atoms with E-state index in [1.807, 2.05) is 13.2 Å². The van der Waals surface area contributed by atoms with Crippen molar-refractivity contribution in [2.75, 3.05) is 19.1 Å². The van der Waals surface area contributed by atoms with E-state index in [2.05, 4.69) is 15.4 Å². The van der Waals surface area contributed by atoms with E-state index in [-0.39, 0.29) is 11.9 Å². The van der Waals surface area contributed by atoms with Crippen molar-refractivity contribution in [2.45, 2.75) is 13.0 Å². The van der Waals surface area contributed by atoms with Gasteiger partial charge in [-0.15, -0.1) is 0 Å². The van der Waals surface area contributed by atoms with E-state index in [4.69, 9.17) is 0 Å². The van der Waals surface area contributed by atoms with Gasteiger partial charge in [-0.2, -0.15) is 27.2 Å². The Morgan fingerprint density at radius 3 is 3.00 bits per heavy atom. The van der Waals surface area contributed by atoms with E-state index in [1.165, 1.54) is 6.20 Å². The molecule has 0 aliphatic carbocycles. The first kappa shape index (κ1) is 11.0. The van der Waals surface area contributed by atoms with Gasteiger partial charge in [0, 0.05) is 18.8 Å². The lowest BCUT2D eigenvalue weighted by atomic mass is 10.3. The molecule has 1 amide bonds. The van der Waals surface area contributed by atoms with Crippen molar-refractivity contribution >= 4 is 17.7 Å². The smallest absolute Gasteiger partial charge is 0.276 e.